The van der Waals surface area contributed by atoms with Crippen molar-refractivity contribution in [2.45, 2.75) is 17.5 Å². The largest absolute Gasteiger partial charge is 0.445 e. The molecule has 0 aliphatic carbocycles. The van der Waals surface area contributed by atoms with Crippen LogP contribution in [0.15, 0.2) is 120 Å². The van der Waals surface area contributed by atoms with Gasteiger partial charge in [-0.2, -0.15) is 0 Å². The van der Waals surface area contributed by atoms with Crippen LogP contribution in [0.3, 0.4) is 0 Å². The first-order chi connectivity index (χ1) is 16.9. The van der Waals surface area contributed by atoms with Gasteiger partial charge in [0, 0.05) is 17.7 Å². The number of carbonyl (C=O) groups excluding carboxylic acids is 2. The molecule has 35 heavy (non-hydrogen) atoms. The number of hydrogen-bond acceptors (Lipinski definition) is 5. The molecule has 4 rings (SSSR count). The molecule has 0 bridgehead atoms. The summed E-state index contributed by atoms with van der Waals surface area (Å²) in [6.45, 7) is 0.111. The first-order valence-corrected chi connectivity index (χ1v) is 12.4. The first kappa shape index (κ1) is 24.1. The monoisotopic (exact) mass is 485 g/mol. The predicted molar refractivity (Wildman–Crippen MR) is 132 cm³/mol. The van der Waals surface area contributed by atoms with E-state index in [1.54, 1.807) is 60.7 Å². The lowest BCUT2D eigenvalue weighted by molar-refractivity contribution is 0.0280. The Labute approximate surface area is 204 Å². The number of nitrogens with one attached hydrogen (secondary N) is 1. The standard InChI is InChI=1S/C28H23NO5S/c30-26(22-13-6-2-7-14-22)27(23-15-8-3-9-16-23)34-28(31)24-17-10-18-25(19-24)35(32,33)29-20-21-11-4-1-5-12-21/h1-19,27,29H,20H2/t27-/m0/s1. The number of ketones is 1. The van der Waals surface area contributed by atoms with Gasteiger partial charge in [0.15, 0.2) is 6.10 Å². The molecule has 0 fully saturated rings. The molecule has 0 unspecified atom stereocenters. The summed E-state index contributed by atoms with van der Waals surface area (Å²) in [5.74, 6) is -1.18. The van der Waals surface area contributed by atoms with Gasteiger partial charge in [-0.05, 0) is 23.8 Å². The topological polar surface area (TPSA) is 89.5 Å². The fourth-order valence-corrected chi connectivity index (χ4v) is 4.54. The normalized spacial score (nSPS) is 12.0. The third-order valence-electron chi connectivity index (χ3n) is 5.31. The highest BCUT2D eigenvalue weighted by Gasteiger charge is 2.27. The zero-order valence-electron chi connectivity index (χ0n) is 18.7. The molecule has 4 aromatic rings. The highest BCUT2D eigenvalue weighted by atomic mass is 32.2. The average Bonchev–Trinajstić information content (AvgIpc) is 2.92. The number of benzene rings is 4. The second-order valence-corrected chi connectivity index (χ2v) is 9.53. The second-order valence-electron chi connectivity index (χ2n) is 7.76. The highest BCUT2D eigenvalue weighted by Crippen LogP contribution is 2.24. The van der Waals surface area contributed by atoms with Gasteiger partial charge in [-0.25, -0.2) is 17.9 Å². The van der Waals surface area contributed by atoms with Crippen molar-refractivity contribution in [2.75, 3.05) is 0 Å². The van der Waals surface area contributed by atoms with E-state index in [2.05, 4.69) is 4.72 Å². The quantitative estimate of drug-likeness (QED) is 0.268. The Morgan fingerprint density at radius 1 is 0.714 bits per heavy atom. The molecule has 0 heterocycles. The smallest absolute Gasteiger partial charge is 0.339 e. The Hall–Kier alpha value is -4.07. The molecule has 0 aliphatic heterocycles. The number of esters is 1. The number of rotatable bonds is 9. The number of sulfonamides is 1. The average molecular weight is 486 g/mol. The molecular formula is C28H23NO5S. The van der Waals surface area contributed by atoms with Gasteiger partial charge in [-0.15, -0.1) is 0 Å². The summed E-state index contributed by atoms with van der Waals surface area (Å²) < 4.78 is 33.8. The maximum absolute atomic E-state index is 13.2. The van der Waals surface area contributed by atoms with Crippen molar-refractivity contribution >= 4 is 21.8 Å². The lowest BCUT2D eigenvalue weighted by Crippen LogP contribution is -2.24. The van der Waals surface area contributed by atoms with Crippen LogP contribution >= 0.6 is 0 Å². The first-order valence-electron chi connectivity index (χ1n) is 10.9. The van der Waals surface area contributed by atoms with E-state index in [0.717, 1.165) is 5.56 Å². The Bertz CT molecular complexity index is 1410. The summed E-state index contributed by atoms with van der Waals surface area (Å²) in [6.07, 6.45) is -1.18. The SMILES string of the molecule is O=C(O[C@H](C(=O)c1ccccc1)c1ccccc1)c1cccc(S(=O)(=O)NCc2ccccc2)c1. The molecule has 0 saturated heterocycles. The van der Waals surface area contributed by atoms with Crippen LogP contribution in [0.5, 0.6) is 0 Å². The van der Waals surface area contributed by atoms with Gasteiger partial charge in [0.25, 0.3) is 0 Å². The summed E-state index contributed by atoms with van der Waals surface area (Å²) in [5, 5.41) is 0. The van der Waals surface area contributed by atoms with Crippen molar-refractivity contribution in [3.8, 4) is 0 Å². The van der Waals surface area contributed by atoms with Crippen LogP contribution in [0, 0.1) is 0 Å². The Kier molecular flexibility index (Phi) is 7.50. The Morgan fingerprint density at radius 3 is 1.94 bits per heavy atom. The van der Waals surface area contributed by atoms with Crippen molar-refractivity contribution in [1.29, 1.82) is 0 Å². The highest BCUT2D eigenvalue weighted by molar-refractivity contribution is 7.89. The van der Waals surface area contributed by atoms with Crippen molar-refractivity contribution in [1.82, 2.24) is 4.72 Å². The summed E-state index contributed by atoms with van der Waals surface area (Å²) >= 11 is 0. The molecule has 7 heteroatoms. The molecular weight excluding hydrogens is 462 g/mol. The minimum atomic E-state index is -3.88. The van der Waals surface area contributed by atoms with Crippen molar-refractivity contribution in [2.24, 2.45) is 0 Å². The molecule has 0 aliphatic rings. The van der Waals surface area contributed by atoms with E-state index >= 15 is 0 Å². The van der Waals surface area contributed by atoms with Crippen LogP contribution < -0.4 is 4.72 Å². The van der Waals surface area contributed by atoms with Crippen LogP contribution in [0.2, 0.25) is 0 Å². The van der Waals surface area contributed by atoms with E-state index in [1.807, 2.05) is 30.3 Å². The molecule has 0 amide bonds. The molecule has 1 N–H and O–H groups in total. The van der Waals surface area contributed by atoms with Gasteiger partial charge in [-0.1, -0.05) is 97.1 Å². The number of Topliss-reactive ketones (excluding diaryl/α,β-unsaturated/α-hetero) is 1. The molecule has 0 radical (unpaired) electrons. The van der Waals surface area contributed by atoms with Crippen LogP contribution in [0.25, 0.3) is 0 Å². The van der Waals surface area contributed by atoms with Crippen LogP contribution in [-0.2, 0) is 21.3 Å². The lowest BCUT2D eigenvalue weighted by Gasteiger charge is -2.18. The van der Waals surface area contributed by atoms with Crippen molar-refractivity contribution < 1.29 is 22.7 Å². The summed E-state index contributed by atoms with van der Waals surface area (Å²) in [5.41, 5.74) is 1.74. The summed E-state index contributed by atoms with van der Waals surface area (Å²) in [7, 11) is -3.88. The molecule has 0 saturated carbocycles. The molecule has 6 nitrogen and oxygen atoms in total. The number of hydrogen-bond donors (Lipinski definition) is 1. The molecule has 176 valence electrons. The van der Waals surface area contributed by atoms with Crippen molar-refractivity contribution in [3.63, 3.8) is 0 Å². The summed E-state index contributed by atoms with van der Waals surface area (Å²) in [6, 6.07) is 31.9. The molecule has 0 spiro atoms. The maximum atomic E-state index is 13.2. The zero-order valence-corrected chi connectivity index (χ0v) is 19.5. The maximum Gasteiger partial charge on any atom is 0.339 e. The van der Waals surface area contributed by atoms with Gasteiger partial charge in [0.2, 0.25) is 15.8 Å². The van der Waals surface area contributed by atoms with Gasteiger partial charge >= 0.3 is 5.97 Å². The van der Waals surface area contributed by atoms with E-state index < -0.39 is 22.1 Å². The van der Waals surface area contributed by atoms with E-state index in [4.69, 9.17) is 4.74 Å². The van der Waals surface area contributed by atoms with Crippen molar-refractivity contribution in [3.05, 3.63) is 138 Å². The Morgan fingerprint density at radius 2 is 1.29 bits per heavy atom. The second kappa shape index (κ2) is 10.9. The zero-order chi connectivity index (χ0) is 24.7. The Balaban J connectivity index is 1.56. The van der Waals surface area contributed by atoms with E-state index in [0.29, 0.717) is 11.1 Å². The van der Waals surface area contributed by atoms with Gasteiger partial charge < -0.3 is 4.74 Å². The third-order valence-corrected chi connectivity index (χ3v) is 6.71. The number of carbonyl (C=O) groups is 2. The predicted octanol–water partition coefficient (Wildman–Crippen LogP) is 4.95. The molecule has 1 atom stereocenters. The van der Waals surface area contributed by atoms with E-state index in [9.17, 15) is 18.0 Å². The lowest BCUT2D eigenvalue weighted by atomic mass is 10.00. The van der Waals surface area contributed by atoms with Gasteiger partial charge in [0.1, 0.15) is 0 Å². The van der Waals surface area contributed by atoms with Gasteiger partial charge in [0.05, 0.1) is 10.5 Å². The van der Waals surface area contributed by atoms with E-state index in [-0.39, 0.29) is 22.8 Å². The fraction of sp³-hybridized carbons (Fsp3) is 0.0714. The minimum absolute atomic E-state index is 0.0226. The third kappa shape index (κ3) is 6.09. The van der Waals surface area contributed by atoms with E-state index in [1.165, 1.54) is 24.3 Å². The van der Waals surface area contributed by atoms with Crippen LogP contribution in [0.4, 0.5) is 0 Å². The van der Waals surface area contributed by atoms with Crippen LogP contribution in [-0.4, -0.2) is 20.2 Å². The van der Waals surface area contributed by atoms with Gasteiger partial charge in [-0.3, -0.25) is 4.79 Å². The molecule has 0 aromatic heterocycles. The summed E-state index contributed by atoms with van der Waals surface area (Å²) in [4.78, 5) is 26.1. The molecule has 4 aromatic carbocycles. The number of ether oxygens (including phenoxy) is 1. The minimum Gasteiger partial charge on any atom is -0.445 e. The fourth-order valence-electron chi connectivity index (χ4n) is 3.48. The van der Waals surface area contributed by atoms with Crippen LogP contribution in [0.1, 0.15) is 37.9 Å².